The van der Waals surface area contributed by atoms with E-state index in [1.807, 2.05) is 6.92 Å². The Bertz CT molecular complexity index is 2100. The van der Waals surface area contributed by atoms with E-state index in [1.54, 1.807) is 62.4 Å². The number of carboxylic acid groups (broad SMARTS) is 1. The van der Waals surface area contributed by atoms with Gasteiger partial charge in [0.25, 0.3) is 5.56 Å². The number of esters is 1. The summed E-state index contributed by atoms with van der Waals surface area (Å²) in [5, 5.41) is 9.52. The van der Waals surface area contributed by atoms with E-state index in [-0.39, 0.29) is 40.7 Å². The van der Waals surface area contributed by atoms with E-state index in [4.69, 9.17) is 35.3 Å². The topological polar surface area (TPSA) is 135 Å². The van der Waals surface area contributed by atoms with Gasteiger partial charge in [-0.15, -0.1) is 0 Å². The van der Waals surface area contributed by atoms with Crippen molar-refractivity contribution in [1.82, 2.24) is 4.57 Å². The Morgan fingerprint density at radius 3 is 2.46 bits per heavy atom. The number of thiazole rings is 1. The van der Waals surface area contributed by atoms with Crippen molar-refractivity contribution in [3.63, 3.8) is 0 Å². The zero-order valence-corrected chi connectivity index (χ0v) is 28.4. The standard InChI is InChI=1S/C35H33ClN2O9S/c1-6-45-26-17-22(11-12-25(26)43-4)30-29(34(42)46-7-2)19(3)37-35-38(30)32(39)28(48-35)16-21-14-24(36)31(27(15-21)44-5)47-18-20-9-8-10-23(13-20)33(40)41/h8-17,30H,6-7,18H2,1-5H3,(H,40,41)/b28-16+/t30-/m1/s1. The van der Waals surface area contributed by atoms with Gasteiger partial charge in [0.1, 0.15) is 6.61 Å². The molecule has 1 aliphatic rings. The molecule has 5 rings (SSSR count). The highest BCUT2D eigenvalue weighted by atomic mass is 35.5. The molecule has 0 saturated heterocycles. The number of ether oxygens (including phenoxy) is 5. The molecule has 13 heteroatoms. The number of carboxylic acids is 1. The first-order valence-corrected chi connectivity index (χ1v) is 16.1. The molecule has 0 saturated carbocycles. The van der Waals surface area contributed by atoms with Crippen molar-refractivity contribution in [2.75, 3.05) is 27.4 Å². The van der Waals surface area contributed by atoms with E-state index in [0.29, 0.717) is 55.6 Å². The number of aromatic nitrogens is 1. The van der Waals surface area contributed by atoms with Crippen molar-refractivity contribution in [3.8, 4) is 23.0 Å². The molecule has 1 atom stereocenters. The number of nitrogens with zero attached hydrogens (tertiary/aromatic N) is 2. The predicted octanol–water partition coefficient (Wildman–Crippen LogP) is 5.14. The number of carbonyl (C=O) groups excluding carboxylic acids is 1. The molecule has 4 aromatic rings. The van der Waals surface area contributed by atoms with Crippen LogP contribution in [0.25, 0.3) is 6.08 Å². The number of carbonyl (C=O) groups is 2. The van der Waals surface area contributed by atoms with Crippen molar-refractivity contribution in [2.24, 2.45) is 4.99 Å². The number of allylic oxidation sites excluding steroid dienone is 1. The largest absolute Gasteiger partial charge is 0.493 e. The van der Waals surface area contributed by atoms with E-state index >= 15 is 0 Å². The summed E-state index contributed by atoms with van der Waals surface area (Å²) in [5.41, 5.74) is 2.24. The molecule has 3 aromatic carbocycles. The monoisotopic (exact) mass is 692 g/mol. The Labute approximate surface area is 284 Å². The van der Waals surface area contributed by atoms with Gasteiger partial charge in [0, 0.05) is 0 Å². The molecule has 0 spiro atoms. The van der Waals surface area contributed by atoms with E-state index in [0.717, 1.165) is 0 Å². The Hall–Kier alpha value is -5.07. The third-order valence-corrected chi connectivity index (χ3v) is 8.69. The molecule has 0 amide bonds. The molecule has 1 N–H and O–H groups in total. The lowest BCUT2D eigenvalue weighted by molar-refractivity contribution is -0.139. The lowest BCUT2D eigenvalue weighted by Crippen LogP contribution is -2.40. The first-order valence-electron chi connectivity index (χ1n) is 14.9. The van der Waals surface area contributed by atoms with Gasteiger partial charge < -0.3 is 28.8 Å². The minimum atomic E-state index is -1.04. The third-order valence-electron chi connectivity index (χ3n) is 7.43. The number of rotatable bonds is 12. The zero-order valence-electron chi connectivity index (χ0n) is 26.9. The number of methoxy groups -OCH3 is 2. The number of halogens is 1. The van der Waals surface area contributed by atoms with Crippen LogP contribution in [0.15, 0.2) is 75.7 Å². The summed E-state index contributed by atoms with van der Waals surface area (Å²) in [6.45, 7) is 5.86. The highest BCUT2D eigenvalue weighted by molar-refractivity contribution is 7.07. The molecule has 0 bridgehead atoms. The molecule has 11 nitrogen and oxygen atoms in total. The van der Waals surface area contributed by atoms with Gasteiger partial charge >= 0.3 is 11.9 Å². The van der Waals surface area contributed by atoms with Crippen LogP contribution in [0, 0.1) is 0 Å². The van der Waals surface area contributed by atoms with Gasteiger partial charge in [-0.2, -0.15) is 0 Å². The predicted molar refractivity (Wildman–Crippen MR) is 180 cm³/mol. The van der Waals surface area contributed by atoms with Gasteiger partial charge in [-0.3, -0.25) is 9.36 Å². The maximum absolute atomic E-state index is 14.1. The number of fused-ring (bicyclic) bond motifs is 1. The minimum Gasteiger partial charge on any atom is -0.493 e. The van der Waals surface area contributed by atoms with Gasteiger partial charge in [0.05, 0.1) is 59.9 Å². The molecule has 1 aliphatic heterocycles. The molecule has 0 unspecified atom stereocenters. The van der Waals surface area contributed by atoms with Crippen LogP contribution in [0.2, 0.25) is 5.02 Å². The first-order chi connectivity index (χ1) is 23.1. The molecule has 48 heavy (non-hydrogen) atoms. The smallest absolute Gasteiger partial charge is 0.338 e. The van der Waals surface area contributed by atoms with E-state index in [2.05, 4.69) is 4.99 Å². The molecular formula is C35H33ClN2O9S. The lowest BCUT2D eigenvalue weighted by Gasteiger charge is -2.25. The summed E-state index contributed by atoms with van der Waals surface area (Å²) >= 11 is 7.81. The van der Waals surface area contributed by atoms with Gasteiger partial charge in [-0.05, 0) is 79.9 Å². The second-order valence-corrected chi connectivity index (χ2v) is 11.9. The third kappa shape index (κ3) is 6.95. The molecule has 0 aliphatic carbocycles. The zero-order chi connectivity index (χ0) is 34.5. The van der Waals surface area contributed by atoms with Gasteiger partial charge in [-0.25, -0.2) is 14.6 Å². The summed E-state index contributed by atoms with van der Waals surface area (Å²) in [7, 11) is 3.00. The highest BCUT2D eigenvalue weighted by Gasteiger charge is 2.34. The Kier molecular flexibility index (Phi) is 10.6. The SMILES string of the molecule is CCOC(=O)C1=C(C)N=c2s/c(=C/c3cc(Cl)c(OCc4cccc(C(=O)O)c4)c(OC)c3)c(=O)n2[C@@H]1c1ccc(OC)c(OCC)c1. The summed E-state index contributed by atoms with van der Waals surface area (Å²) in [5.74, 6) is -0.0585. The fourth-order valence-electron chi connectivity index (χ4n) is 5.30. The average Bonchev–Trinajstić information content (AvgIpc) is 3.37. The van der Waals surface area contributed by atoms with Crippen molar-refractivity contribution in [2.45, 2.75) is 33.4 Å². The van der Waals surface area contributed by atoms with Crippen molar-refractivity contribution in [1.29, 1.82) is 0 Å². The van der Waals surface area contributed by atoms with Crippen LogP contribution in [0.1, 0.15) is 53.9 Å². The van der Waals surface area contributed by atoms with Gasteiger partial charge in [0.15, 0.2) is 27.8 Å². The fraction of sp³-hybridized carbons (Fsp3) is 0.257. The highest BCUT2D eigenvalue weighted by Crippen LogP contribution is 2.38. The van der Waals surface area contributed by atoms with Gasteiger partial charge in [-0.1, -0.05) is 41.1 Å². The minimum absolute atomic E-state index is 0.0493. The molecule has 2 heterocycles. The van der Waals surface area contributed by atoms with Gasteiger partial charge in [0.2, 0.25) is 0 Å². The number of hydrogen-bond acceptors (Lipinski definition) is 10. The van der Waals surface area contributed by atoms with Crippen LogP contribution in [0.5, 0.6) is 23.0 Å². The van der Waals surface area contributed by atoms with Crippen molar-refractivity contribution in [3.05, 3.63) is 113 Å². The maximum Gasteiger partial charge on any atom is 0.338 e. The van der Waals surface area contributed by atoms with Crippen LogP contribution in [-0.4, -0.2) is 49.0 Å². The average molecular weight is 693 g/mol. The number of benzene rings is 3. The van der Waals surface area contributed by atoms with Crippen LogP contribution >= 0.6 is 22.9 Å². The first kappa shape index (κ1) is 34.3. The second kappa shape index (κ2) is 14.8. The molecule has 250 valence electrons. The summed E-state index contributed by atoms with van der Waals surface area (Å²) < 4.78 is 30.0. The Morgan fingerprint density at radius 2 is 1.77 bits per heavy atom. The molecule has 0 radical (unpaired) electrons. The summed E-state index contributed by atoms with van der Waals surface area (Å²) in [4.78, 5) is 43.8. The fourth-order valence-corrected chi connectivity index (χ4v) is 6.62. The Balaban J connectivity index is 1.58. The van der Waals surface area contributed by atoms with Crippen LogP contribution in [0.4, 0.5) is 0 Å². The molecule has 1 aromatic heterocycles. The molecular weight excluding hydrogens is 660 g/mol. The lowest BCUT2D eigenvalue weighted by atomic mass is 9.95. The second-order valence-electron chi connectivity index (χ2n) is 10.5. The number of hydrogen-bond donors (Lipinski definition) is 1. The van der Waals surface area contributed by atoms with Crippen LogP contribution in [0.3, 0.4) is 0 Å². The van der Waals surface area contributed by atoms with Crippen LogP contribution in [-0.2, 0) is 16.1 Å². The van der Waals surface area contributed by atoms with Crippen LogP contribution < -0.4 is 33.8 Å². The van der Waals surface area contributed by atoms with Crippen molar-refractivity contribution >= 4 is 41.0 Å². The number of aromatic carboxylic acids is 1. The summed E-state index contributed by atoms with van der Waals surface area (Å²) in [6, 6.07) is 14.1. The van der Waals surface area contributed by atoms with E-state index < -0.39 is 18.0 Å². The van der Waals surface area contributed by atoms with E-state index in [9.17, 15) is 19.5 Å². The normalized spacial score (nSPS) is 14.2. The van der Waals surface area contributed by atoms with E-state index in [1.165, 1.54) is 42.3 Å². The maximum atomic E-state index is 14.1. The quantitative estimate of drug-likeness (QED) is 0.200. The summed E-state index contributed by atoms with van der Waals surface area (Å²) in [6.07, 6.45) is 1.67. The Morgan fingerprint density at radius 1 is 1.00 bits per heavy atom. The molecule has 0 fully saturated rings. The van der Waals surface area contributed by atoms with Crippen molar-refractivity contribution < 1.29 is 38.4 Å².